The summed E-state index contributed by atoms with van der Waals surface area (Å²) >= 11 is 5.96. The molecule has 5 nitrogen and oxygen atoms in total. The van der Waals surface area contributed by atoms with Crippen molar-refractivity contribution in [2.45, 2.75) is 57.5 Å². The SMILES string of the molecule is CC(C)(C(=O)NC1C2CC3CC(C2)CC1C3)N(c1ccc(Cl)cc1)S(C)(=O)=O. The van der Waals surface area contributed by atoms with Gasteiger partial charge in [0.15, 0.2) is 0 Å². The number of carbonyl (C=O) groups excluding carboxylic acids is 1. The number of amides is 1. The standard InChI is InChI=1S/C21H29ClN2O3S/c1-21(2,24(28(3,26)27)18-6-4-17(22)5-7-18)20(25)23-19-15-9-13-8-14(11-15)12-16(19)10-13/h4-7,13-16,19H,8-12H2,1-3H3,(H,23,25). The lowest BCUT2D eigenvalue weighted by atomic mass is 9.54. The molecule has 1 aromatic carbocycles. The van der Waals surface area contributed by atoms with Crippen molar-refractivity contribution in [1.29, 1.82) is 0 Å². The summed E-state index contributed by atoms with van der Waals surface area (Å²) in [6.07, 6.45) is 7.30. The molecule has 0 unspecified atom stereocenters. The minimum atomic E-state index is -3.67. The van der Waals surface area contributed by atoms with Crippen molar-refractivity contribution in [3.05, 3.63) is 29.3 Å². The third kappa shape index (κ3) is 3.54. The van der Waals surface area contributed by atoms with Crippen LogP contribution in [0.2, 0.25) is 5.02 Å². The van der Waals surface area contributed by atoms with E-state index in [1.807, 2.05) is 0 Å². The van der Waals surface area contributed by atoms with Crippen LogP contribution < -0.4 is 9.62 Å². The van der Waals surface area contributed by atoms with E-state index in [1.165, 1.54) is 36.4 Å². The van der Waals surface area contributed by atoms with Crippen molar-refractivity contribution in [2.24, 2.45) is 23.7 Å². The van der Waals surface area contributed by atoms with E-state index in [9.17, 15) is 13.2 Å². The van der Waals surface area contributed by atoms with Crippen molar-refractivity contribution in [3.8, 4) is 0 Å². The molecule has 1 aromatic rings. The molecule has 4 saturated carbocycles. The number of rotatable bonds is 5. The van der Waals surface area contributed by atoms with E-state index in [0.717, 1.165) is 18.1 Å². The van der Waals surface area contributed by atoms with E-state index in [2.05, 4.69) is 5.32 Å². The number of hydrogen-bond donors (Lipinski definition) is 1. The fourth-order valence-electron chi connectivity index (χ4n) is 6.09. The van der Waals surface area contributed by atoms with Crippen LogP contribution in [0.25, 0.3) is 0 Å². The molecule has 0 aromatic heterocycles. The Labute approximate surface area is 172 Å². The number of nitrogens with one attached hydrogen (secondary N) is 1. The van der Waals surface area contributed by atoms with Gasteiger partial charge in [0.1, 0.15) is 5.54 Å². The van der Waals surface area contributed by atoms with Crippen molar-refractivity contribution < 1.29 is 13.2 Å². The number of carbonyl (C=O) groups is 1. The van der Waals surface area contributed by atoms with E-state index in [1.54, 1.807) is 38.1 Å². The van der Waals surface area contributed by atoms with Crippen LogP contribution in [0.4, 0.5) is 5.69 Å². The number of anilines is 1. The second-order valence-corrected chi connectivity index (χ2v) is 11.8. The highest BCUT2D eigenvalue weighted by Crippen LogP contribution is 2.53. The average molecular weight is 425 g/mol. The van der Waals surface area contributed by atoms with Gasteiger partial charge in [-0.15, -0.1) is 0 Å². The van der Waals surface area contributed by atoms with Crippen LogP contribution >= 0.6 is 11.6 Å². The number of nitrogens with zero attached hydrogens (tertiary/aromatic N) is 1. The zero-order valence-corrected chi connectivity index (χ0v) is 18.3. The molecule has 1 amide bonds. The third-order valence-electron chi connectivity index (χ3n) is 6.98. The molecule has 0 heterocycles. The van der Waals surface area contributed by atoms with Gasteiger partial charge in [-0.2, -0.15) is 0 Å². The number of sulfonamides is 1. The van der Waals surface area contributed by atoms with Crippen LogP contribution in [0.15, 0.2) is 24.3 Å². The Morgan fingerprint density at radius 3 is 2.00 bits per heavy atom. The topological polar surface area (TPSA) is 66.5 Å². The molecular weight excluding hydrogens is 396 g/mol. The maximum absolute atomic E-state index is 13.3. The first kappa shape index (κ1) is 20.0. The Balaban J connectivity index is 1.58. The summed E-state index contributed by atoms with van der Waals surface area (Å²) in [5.41, 5.74) is -0.798. The third-order valence-corrected chi connectivity index (χ3v) is 8.56. The zero-order valence-electron chi connectivity index (χ0n) is 16.7. The number of hydrogen-bond acceptors (Lipinski definition) is 3. The summed E-state index contributed by atoms with van der Waals surface area (Å²) in [4.78, 5) is 13.3. The molecule has 0 atom stereocenters. The van der Waals surface area contributed by atoms with Gasteiger partial charge >= 0.3 is 0 Å². The first-order valence-corrected chi connectivity index (χ1v) is 12.3. The molecule has 7 heteroatoms. The highest BCUT2D eigenvalue weighted by atomic mass is 35.5. The van der Waals surface area contributed by atoms with E-state index in [-0.39, 0.29) is 11.9 Å². The maximum atomic E-state index is 13.3. The minimum absolute atomic E-state index is 0.172. The Hall–Kier alpha value is -1.27. The summed E-state index contributed by atoms with van der Waals surface area (Å²) in [6, 6.07) is 6.73. The lowest BCUT2D eigenvalue weighted by Gasteiger charge is -2.55. The van der Waals surface area contributed by atoms with E-state index >= 15 is 0 Å². The first-order chi connectivity index (χ1) is 13.1. The van der Waals surface area contributed by atoms with Crippen LogP contribution in [-0.4, -0.2) is 32.2 Å². The predicted molar refractivity (Wildman–Crippen MR) is 112 cm³/mol. The largest absolute Gasteiger partial charge is 0.351 e. The molecule has 0 saturated heterocycles. The lowest BCUT2D eigenvalue weighted by molar-refractivity contribution is -0.129. The highest BCUT2D eigenvalue weighted by molar-refractivity contribution is 7.92. The first-order valence-electron chi connectivity index (χ1n) is 10.1. The van der Waals surface area contributed by atoms with E-state index in [0.29, 0.717) is 22.5 Å². The number of benzene rings is 1. The molecule has 4 bridgehead atoms. The van der Waals surface area contributed by atoms with Crippen LogP contribution in [0, 0.1) is 23.7 Å². The summed E-state index contributed by atoms with van der Waals surface area (Å²) < 4.78 is 26.4. The van der Waals surface area contributed by atoms with Crippen LogP contribution in [0.1, 0.15) is 46.0 Å². The molecule has 0 aliphatic heterocycles. The predicted octanol–water partition coefficient (Wildman–Crippen LogP) is 3.83. The Morgan fingerprint density at radius 2 is 1.54 bits per heavy atom. The zero-order chi connectivity index (χ0) is 20.3. The average Bonchev–Trinajstić information content (AvgIpc) is 2.57. The Bertz CT molecular complexity index is 838. The van der Waals surface area contributed by atoms with Gasteiger partial charge in [0.25, 0.3) is 0 Å². The second-order valence-electron chi connectivity index (χ2n) is 9.49. The van der Waals surface area contributed by atoms with Crippen molar-refractivity contribution in [2.75, 3.05) is 10.6 Å². The maximum Gasteiger partial charge on any atom is 0.246 e. The molecule has 0 spiro atoms. The van der Waals surface area contributed by atoms with Crippen molar-refractivity contribution in [3.63, 3.8) is 0 Å². The molecule has 4 aliphatic carbocycles. The molecule has 0 radical (unpaired) electrons. The van der Waals surface area contributed by atoms with E-state index < -0.39 is 15.6 Å². The molecule has 4 fully saturated rings. The summed E-state index contributed by atoms with van der Waals surface area (Å²) in [7, 11) is -3.67. The molecule has 1 N–H and O–H groups in total. The number of halogens is 1. The fraction of sp³-hybridized carbons (Fsp3) is 0.667. The van der Waals surface area contributed by atoms with Gasteiger partial charge in [-0.25, -0.2) is 8.42 Å². The summed E-state index contributed by atoms with van der Waals surface area (Å²) in [5, 5.41) is 3.79. The highest BCUT2D eigenvalue weighted by Gasteiger charge is 2.50. The monoisotopic (exact) mass is 424 g/mol. The molecule has 4 aliphatic rings. The normalized spacial score (nSPS) is 31.6. The van der Waals surface area contributed by atoms with Gasteiger partial charge in [0, 0.05) is 11.1 Å². The minimum Gasteiger partial charge on any atom is -0.351 e. The summed E-state index contributed by atoms with van der Waals surface area (Å²) in [5.74, 6) is 2.50. The van der Waals surface area contributed by atoms with Crippen LogP contribution in [-0.2, 0) is 14.8 Å². The molecule has 154 valence electrons. The van der Waals surface area contributed by atoms with Gasteiger partial charge in [-0.3, -0.25) is 9.10 Å². The smallest absolute Gasteiger partial charge is 0.246 e. The van der Waals surface area contributed by atoms with Gasteiger partial charge in [0.2, 0.25) is 15.9 Å². The van der Waals surface area contributed by atoms with Gasteiger partial charge in [-0.1, -0.05) is 11.6 Å². The molecule has 5 rings (SSSR count). The Morgan fingerprint density at radius 1 is 1.04 bits per heavy atom. The van der Waals surface area contributed by atoms with Crippen LogP contribution in [0.3, 0.4) is 0 Å². The molecular formula is C21H29ClN2O3S. The van der Waals surface area contributed by atoms with Gasteiger partial charge in [0.05, 0.1) is 11.9 Å². The molecule has 28 heavy (non-hydrogen) atoms. The fourth-order valence-corrected chi connectivity index (χ4v) is 7.63. The Kier molecular flexibility index (Phi) is 4.94. The van der Waals surface area contributed by atoms with E-state index in [4.69, 9.17) is 11.6 Å². The van der Waals surface area contributed by atoms with Crippen molar-refractivity contribution in [1.82, 2.24) is 5.32 Å². The summed E-state index contributed by atoms with van der Waals surface area (Å²) in [6.45, 7) is 3.35. The van der Waals surface area contributed by atoms with Gasteiger partial charge < -0.3 is 5.32 Å². The van der Waals surface area contributed by atoms with Gasteiger partial charge in [-0.05, 0) is 93.9 Å². The van der Waals surface area contributed by atoms with Crippen molar-refractivity contribution >= 4 is 33.2 Å². The van der Waals surface area contributed by atoms with Crippen LogP contribution in [0.5, 0.6) is 0 Å². The lowest BCUT2D eigenvalue weighted by Crippen LogP contribution is -2.63. The second kappa shape index (κ2) is 6.91. The quantitative estimate of drug-likeness (QED) is 0.781.